The van der Waals surface area contributed by atoms with Crippen LogP contribution in [0.2, 0.25) is 10.0 Å². The van der Waals surface area contributed by atoms with Crippen LogP contribution in [-0.2, 0) is 20.7 Å². The number of carbonyl (C=O) groups is 2. The van der Waals surface area contributed by atoms with E-state index in [1.807, 2.05) is 57.2 Å². The predicted molar refractivity (Wildman–Crippen MR) is 181 cm³/mol. The highest BCUT2D eigenvalue weighted by molar-refractivity contribution is 7.99. The minimum atomic E-state index is -0.795. The van der Waals surface area contributed by atoms with Crippen molar-refractivity contribution in [1.82, 2.24) is 20.6 Å². The first-order valence-electron chi connectivity index (χ1n) is 14.3. The molecule has 2 N–H and O–H groups in total. The molecule has 1 unspecified atom stereocenters. The van der Waals surface area contributed by atoms with Gasteiger partial charge in [0.05, 0.1) is 30.0 Å². The molecule has 1 aromatic heterocycles. The number of aromatic nitrogens is 2. The lowest BCUT2D eigenvalue weighted by Gasteiger charge is -2.26. The van der Waals surface area contributed by atoms with Gasteiger partial charge in [0, 0.05) is 24.0 Å². The fraction of sp³-hybridized carbons (Fsp3) is 0.438. The van der Waals surface area contributed by atoms with Crippen molar-refractivity contribution in [2.75, 3.05) is 26.5 Å². The summed E-state index contributed by atoms with van der Waals surface area (Å²) < 4.78 is 16.3. The fourth-order valence-electron chi connectivity index (χ4n) is 5.03. The summed E-state index contributed by atoms with van der Waals surface area (Å²) >= 11 is 13.4. The Bertz CT molecular complexity index is 1460. The molecule has 0 saturated carbocycles. The maximum atomic E-state index is 13.1. The highest BCUT2D eigenvalue weighted by atomic mass is 35.5. The van der Waals surface area contributed by atoms with Gasteiger partial charge in [-0.15, -0.1) is 12.4 Å². The maximum absolute atomic E-state index is 13.1. The first-order valence-corrected chi connectivity index (χ1v) is 16.0. The van der Waals surface area contributed by atoms with E-state index in [1.54, 1.807) is 26.6 Å². The Morgan fingerprint density at radius 1 is 1.02 bits per heavy atom. The van der Waals surface area contributed by atoms with Crippen molar-refractivity contribution in [3.05, 3.63) is 64.4 Å². The van der Waals surface area contributed by atoms with Crippen LogP contribution < -0.4 is 20.1 Å². The van der Waals surface area contributed by atoms with Crippen LogP contribution >= 0.6 is 47.4 Å². The van der Waals surface area contributed by atoms with E-state index in [0.717, 1.165) is 36.1 Å². The number of esters is 1. The summed E-state index contributed by atoms with van der Waals surface area (Å²) in [5.74, 6) is 0.890. The summed E-state index contributed by atoms with van der Waals surface area (Å²) in [6.07, 6.45) is 5.49. The Kier molecular flexibility index (Phi) is 13.6. The Labute approximate surface area is 284 Å². The van der Waals surface area contributed by atoms with Crippen LogP contribution in [-0.4, -0.2) is 66.0 Å². The van der Waals surface area contributed by atoms with Crippen LogP contribution in [0, 0.1) is 5.92 Å². The molecule has 1 fully saturated rings. The average Bonchev–Trinajstić information content (AvgIpc) is 3.43. The Morgan fingerprint density at radius 3 is 2.38 bits per heavy atom. The second kappa shape index (κ2) is 16.7. The highest BCUT2D eigenvalue weighted by Gasteiger charge is 2.33. The first-order chi connectivity index (χ1) is 20.9. The summed E-state index contributed by atoms with van der Waals surface area (Å²) in [5, 5.41) is 7.91. The predicted octanol–water partition coefficient (Wildman–Crippen LogP) is 6.42. The molecule has 4 rings (SSSR count). The van der Waals surface area contributed by atoms with Gasteiger partial charge in [-0.2, -0.15) is 0 Å². The Morgan fingerprint density at radius 2 is 1.73 bits per heavy atom. The van der Waals surface area contributed by atoms with E-state index < -0.39 is 17.6 Å². The number of carbonyl (C=O) groups excluding carboxylic acids is 2. The summed E-state index contributed by atoms with van der Waals surface area (Å²) in [5.41, 5.74) is 2.10. The first kappa shape index (κ1) is 36.7. The average molecular weight is 698 g/mol. The Balaban J connectivity index is 0.00000552. The maximum Gasteiger partial charge on any atom is 0.329 e. The number of amides is 1. The van der Waals surface area contributed by atoms with Crippen molar-refractivity contribution in [2.45, 2.75) is 62.9 Å². The van der Waals surface area contributed by atoms with Crippen molar-refractivity contribution in [2.24, 2.45) is 5.92 Å². The van der Waals surface area contributed by atoms with Crippen LogP contribution in [0.5, 0.6) is 11.5 Å². The van der Waals surface area contributed by atoms with Crippen LogP contribution in [0.1, 0.15) is 39.2 Å². The normalized spacial score (nSPS) is 16.8. The van der Waals surface area contributed by atoms with Gasteiger partial charge in [-0.1, -0.05) is 47.1 Å². The monoisotopic (exact) mass is 696 g/mol. The van der Waals surface area contributed by atoms with Crippen LogP contribution in [0.3, 0.4) is 0 Å². The number of halogens is 3. The standard InChI is InChI=1S/C32H38Cl2N4O5S.ClH/c1-32(2,3)43-30(40)26(14-23-11-20(15-35-23)10-19-6-8-24(33)25(34)12-19)38-29(39)18-44-31-36-16-22(17-37-31)21-7-9-27(41-4)28(13-21)42-5;/h6-9,12-13,16-17,20,23,26,35H,10-11,14-15,18H2,1-5H3,(H,38,39);1H/t20-,23+,26?;/m1./s1. The number of nitrogens with one attached hydrogen (secondary N) is 2. The molecule has 1 amide bonds. The summed E-state index contributed by atoms with van der Waals surface area (Å²) in [6.45, 7) is 6.23. The van der Waals surface area contributed by atoms with E-state index >= 15 is 0 Å². The third kappa shape index (κ3) is 10.9. The third-order valence-corrected chi connectivity index (χ3v) is 8.66. The zero-order chi connectivity index (χ0) is 31.9. The highest BCUT2D eigenvalue weighted by Crippen LogP contribution is 2.32. The van der Waals surface area contributed by atoms with Gasteiger partial charge in [-0.05, 0) is 87.9 Å². The second-order valence-electron chi connectivity index (χ2n) is 11.7. The third-order valence-electron chi connectivity index (χ3n) is 7.05. The van der Waals surface area contributed by atoms with E-state index in [2.05, 4.69) is 20.6 Å². The smallest absolute Gasteiger partial charge is 0.329 e. The molecular weight excluding hydrogens is 659 g/mol. The van der Waals surface area contributed by atoms with Gasteiger partial charge in [0.2, 0.25) is 5.91 Å². The van der Waals surface area contributed by atoms with Gasteiger partial charge in [-0.3, -0.25) is 4.79 Å². The van der Waals surface area contributed by atoms with Crippen molar-refractivity contribution in [1.29, 1.82) is 0 Å². The molecule has 244 valence electrons. The zero-order valence-corrected chi connectivity index (χ0v) is 29.0. The van der Waals surface area contributed by atoms with Crippen LogP contribution in [0.4, 0.5) is 0 Å². The number of rotatable bonds is 12. The molecule has 2 heterocycles. The SMILES string of the molecule is COc1ccc(-c2cnc(SCC(=O)NC(C[C@@H]3C[C@@H](Cc4ccc(Cl)c(Cl)c4)CN3)C(=O)OC(C)(C)C)nc2)cc1OC.Cl. The van der Waals surface area contributed by atoms with Crippen LogP contribution in [0.25, 0.3) is 11.1 Å². The minimum absolute atomic E-state index is 0. The molecule has 0 spiro atoms. The Hall–Kier alpha value is -2.76. The molecule has 13 heteroatoms. The molecule has 45 heavy (non-hydrogen) atoms. The van der Waals surface area contributed by atoms with Crippen LogP contribution in [0.15, 0.2) is 53.9 Å². The van der Waals surface area contributed by atoms with E-state index in [4.69, 9.17) is 37.4 Å². The minimum Gasteiger partial charge on any atom is -0.493 e. The van der Waals surface area contributed by atoms with E-state index in [9.17, 15) is 9.59 Å². The van der Waals surface area contributed by atoms with Gasteiger partial charge in [-0.25, -0.2) is 14.8 Å². The molecule has 3 aromatic rings. The molecular formula is C32H39Cl3N4O5S. The number of hydrogen-bond acceptors (Lipinski definition) is 9. The lowest BCUT2D eigenvalue weighted by Crippen LogP contribution is -2.47. The zero-order valence-electron chi connectivity index (χ0n) is 25.9. The van der Waals surface area contributed by atoms with Gasteiger partial charge in [0.25, 0.3) is 0 Å². The molecule has 0 radical (unpaired) electrons. The quantitative estimate of drug-likeness (QED) is 0.126. The van der Waals surface area contributed by atoms with E-state index in [1.165, 1.54) is 11.8 Å². The van der Waals surface area contributed by atoms with Gasteiger partial charge in [0.15, 0.2) is 16.7 Å². The summed E-state index contributed by atoms with van der Waals surface area (Å²) in [7, 11) is 3.16. The van der Waals surface area contributed by atoms with Crippen molar-refractivity contribution in [3.63, 3.8) is 0 Å². The number of thioether (sulfide) groups is 1. The second-order valence-corrected chi connectivity index (χ2v) is 13.4. The van der Waals surface area contributed by atoms with E-state index in [-0.39, 0.29) is 30.1 Å². The molecule has 0 bridgehead atoms. The van der Waals surface area contributed by atoms with Gasteiger partial charge < -0.3 is 24.8 Å². The topological polar surface area (TPSA) is 112 Å². The molecule has 1 saturated heterocycles. The summed E-state index contributed by atoms with van der Waals surface area (Å²) in [6, 6.07) is 10.5. The molecule has 3 atom stereocenters. The largest absolute Gasteiger partial charge is 0.493 e. The van der Waals surface area contributed by atoms with Crippen molar-refractivity contribution < 1.29 is 23.8 Å². The molecule has 0 aliphatic carbocycles. The van der Waals surface area contributed by atoms with E-state index in [0.29, 0.717) is 39.0 Å². The lowest BCUT2D eigenvalue weighted by atomic mass is 9.94. The van der Waals surface area contributed by atoms with Gasteiger partial charge >= 0.3 is 5.97 Å². The number of hydrogen-bond donors (Lipinski definition) is 2. The number of ether oxygens (including phenoxy) is 3. The molecule has 2 aromatic carbocycles. The summed E-state index contributed by atoms with van der Waals surface area (Å²) in [4.78, 5) is 34.9. The van der Waals surface area contributed by atoms with Crippen molar-refractivity contribution in [3.8, 4) is 22.6 Å². The number of nitrogens with zero attached hydrogens (tertiary/aromatic N) is 2. The molecule has 1 aliphatic heterocycles. The lowest BCUT2D eigenvalue weighted by molar-refractivity contribution is -0.158. The van der Waals surface area contributed by atoms with Gasteiger partial charge in [0.1, 0.15) is 11.6 Å². The molecule has 9 nitrogen and oxygen atoms in total. The number of methoxy groups -OCH3 is 2. The fourth-order valence-corrected chi connectivity index (χ4v) is 5.95. The van der Waals surface area contributed by atoms with Crippen molar-refractivity contribution >= 4 is 59.2 Å². The number of benzene rings is 2. The molecule has 1 aliphatic rings.